The van der Waals surface area contributed by atoms with Crippen LogP contribution in [0.4, 0.5) is 5.69 Å². The highest BCUT2D eigenvalue weighted by molar-refractivity contribution is 5.93. The van der Waals surface area contributed by atoms with Gasteiger partial charge >= 0.3 is 5.97 Å². The van der Waals surface area contributed by atoms with Crippen LogP contribution in [0, 0.1) is 0 Å². The summed E-state index contributed by atoms with van der Waals surface area (Å²) in [5.41, 5.74) is 1.33. The van der Waals surface area contributed by atoms with Gasteiger partial charge in [-0.1, -0.05) is 5.16 Å². The summed E-state index contributed by atoms with van der Waals surface area (Å²) < 4.78 is 4.66. The molecule has 0 fully saturated rings. The fraction of sp³-hybridized carbons (Fsp3) is 0.100. The zero-order chi connectivity index (χ0) is 11.4. The van der Waals surface area contributed by atoms with E-state index in [0.717, 1.165) is 0 Å². The summed E-state index contributed by atoms with van der Waals surface area (Å²) in [5, 5.41) is 15.6. The van der Waals surface area contributed by atoms with E-state index in [0.29, 0.717) is 17.9 Å². The summed E-state index contributed by atoms with van der Waals surface area (Å²) in [6, 6.07) is 3.14. The van der Waals surface area contributed by atoms with Crippen LogP contribution in [0.15, 0.2) is 35.3 Å². The predicted octanol–water partition coefficient (Wildman–Crippen LogP) is 1.38. The molecule has 0 aromatic carbocycles. The Hall–Kier alpha value is -2.37. The smallest absolute Gasteiger partial charge is 0.337 e. The Morgan fingerprint density at radius 2 is 2.38 bits per heavy atom. The maximum Gasteiger partial charge on any atom is 0.337 e. The lowest BCUT2D eigenvalue weighted by Gasteiger charge is -2.06. The fourth-order valence-electron chi connectivity index (χ4n) is 1.24. The molecule has 2 heterocycles. The first-order valence-electron chi connectivity index (χ1n) is 4.58. The number of carbonyl (C=O) groups is 1. The fourth-order valence-corrected chi connectivity index (χ4v) is 1.24. The van der Waals surface area contributed by atoms with Crippen molar-refractivity contribution in [3.05, 3.63) is 42.0 Å². The van der Waals surface area contributed by atoms with E-state index >= 15 is 0 Å². The maximum absolute atomic E-state index is 10.9. The van der Waals surface area contributed by atoms with Crippen LogP contribution < -0.4 is 5.32 Å². The van der Waals surface area contributed by atoms with Crippen molar-refractivity contribution in [2.45, 2.75) is 6.54 Å². The van der Waals surface area contributed by atoms with Crippen LogP contribution in [0.25, 0.3) is 0 Å². The summed E-state index contributed by atoms with van der Waals surface area (Å²) in [7, 11) is 0. The number of hydrogen-bond acceptors (Lipinski definition) is 5. The monoisotopic (exact) mass is 219 g/mol. The van der Waals surface area contributed by atoms with Crippen LogP contribution >= 0.6 is 0 Å². The molecule has 2 aromatic heterocycles. The average molecular weight is 219 g/mol. The molecule has 0 amide bonds. The molecule has 0 aliphatic rings. The lowest BCUT2D eigenvalue weighted by molar-refractivity contribution is 0.0698. The van der Waals surface area contributed by atoms with Crippen LogP contribution in [-0.4, -0.2) is 21.2 Å². The number of carboxylic acids is 1. The van der Waals surface area contributed by atoms with Gasteiger partial charge in [0.1, 0.15) is 12.0 Å². The first-order chi connectivity index (χ1) is 7.77. The van der Waals surface area contributed by atoms with E-state index in [1.807, 2.05) is 0 Å². The predicted molar refractivity (Wildman–Crippen MR) is 55.0 cm³/mol. The lowest BCUT2D eigenvalue weighted by Crippen LogP contribution is -2.06. The SMILES string of the molecule is O=C(O)c1ccncc1NCc1ccon1. The van der Waals surface area contributed by atoms with Crippen LogP contribution in [0.3, 0.4) is 0 Å². The summed E-state index contributed by atoms with van der Waals surface area (Å²) in [5.74, 6) is -0.995. The number of aromatic nitrogens is 2. The molecular formula is C10H9N3O3. The zero-order valence-electron chi connectivity index (χ0n) is 8.25. The normalized spacial score (nSPS) is 10.0. The molecule has 2 aromatic rings. The third-order valence-electron chi connectivity index (χ3n) is 2.00. The van der Waals surface area contributed by atoms with Gasteiger partial charge < -0.3 is 14.9 Å². The zero-order valence-corrected chi connectivity index (χ0v) is 8.25. The summed E-state index contributed by atoms with van der Waals surface area (Å²) in [4.78, 5) is 14.7. The van der Waals surface area contributed by atoms with Gasteiger partial charge in [0.05, 0.1) is 24.0 Å². The number of pyridine rings is 1. The molecule has 0 radical (unpaired) electrons. The second-order valence-electron chi connectivity index (χ2n) is 3.07. The molecule has 2 N–H and O–H groups in total. The van der Waals surface area contributed by atoms with E-state index in [4.69, 9.17) is 5.11 Å². The third kappa shape index (κ3) is 2.17. The Morgan fingerprint density at radius 1 is 1.50 bits per heavy atom. The third-order valence-corrected chi connectivity index (χ3v) is 2.00. The second-order valence-corrected chi connectivity index (χ2v) is 3.07. The van der Waals surface area contributed by atoms with Gasteiger partial charge in [-0.15, -0.1) is 0 Å². The highest BCUT2D eigenvalue weighted by atomic mass is 16.5. The second kappa shape index (κ2) is 4.43. The molecule has 2 rings (SSSR count). The molecule has 16 heavy (non-hydrogen) atoms. The molecule has 0 unspecified atom stereocenters. The largest absolute Gasteiger partial charge is 0.478 e. The highest BCUT2D eigenvalue weighted by Gasteiger charge is 2.09. The Labute approximate surface area is 90.9 Å². The van der Waals surface area contributed by atoms with E-state index in [1.54, 1.807) is 6.07 Å². The number of nitrogens with zero attached hydrogens (tertiary/aromatic N) is 2. The van der Waals surface area contributed by atoms with Gasteiger partial charge in [-0.3, -0.25) is 4.98 Å². The first-order valence-corrected chi connectivity index (χ1v) is 4.58. The molecule has 82 valence electrons. The van der Waals surface area contributed by atoms with Crippen molar-refractivity contribution in [1.29, 1.82) is 0 Å². The van der Waals surface area contributed by atoms with Crippen molar-refractivity contribution in [1.82, 2.24) is 10.1 Å². The van der Waals surface area contributed by atoms with Crippen molar-refractivity contribution >= 4 is 11.7 Å². The molecule has 0 saturated heterocycles. The van der Waals surface area contributed by atoms with Crippen molar-refractivity contribution < 1.29 is 14.4 Å². The van der Waals surface area contributed by atoms with Gasteiger partial charge in [0.2, 0.25) is 0 Å². The summed E-state index contributed by atoms with van der Waals surface area (Å²) in [6.45, 7) is 0.391. The number of carboxylic acid groups (broad SMARTS) is 1. The van der Waals surface area contributed by atoms with Crippen molar-refractivity contribution in [2.75, 3.05) is 5.32 Å². The lowest BCUT2D eigenvalue weighted by atomic mass is 10.2. The molecule has 0 aliphatic carbocycles. The van der Waals surface area contributed by atoms with Crippen LogP contribution in [-0.2, 0) is 6.54 Å². The van der Waals surface area contributed by atoms with Gasteiger partial charge in [0.25, 0.3) is 0 Å². The van der Waals surface area contributed by atoms with Crippen LogP contribution in [0.2, 0.25) is 0 Å². The molecule has 0 spiro atoms. The first kappa shape index (κ1) is 10.2. The molecule has 6 nitrogen and oxygen atoms in total. The van der Waals surface area contributed by atoms with Gasteiger partial charge in [-0.25, -0.2) is 4.79 Å². The molecule has 0 bridgehead atoms. The summed E-state index contributed by atoms with van der Waals surface area (Å²) in [6.07, 6.45) is 4.35. The molecule has 0 atom stereocenters. The molecule has 0 aliphatic heterocycles. The van der Waals surface area contributed by atoms with Crippen LogP contribution in [0.1, 0.15) is 16.1 Å². The van der Waals surface area contributed by atoms with E-state index in [2.05, 4.69) is 20.0 Å². The molecule has 0 saturated carbocycles. The minimum atomic E-state index is -0.995. The van der Waals surface area contributed by atoms with Crippen molar-refractivity contribution in [3.63, 3.8) is 0 Å². The van der Waals surface area contributed by atoms with Gasteiger partial charge in [0.15, 0.2) is 0 Å². The highest BCUT2D eigenvalue weighted by Crippen LogP contribution is 2.14. The van der Waals surface area contributed by atoms with E-state index in [1.165, 1.54) is 24.7 Å². The number of nitrogens with one attached hydrogen (secondary N) is 1. The number of anilines is 1. The van der Waals surface area contributed by atoms with Gasteiger partial charge in [-0.2, -0.15) is 0 Å². The van der Waals surface area contributed by atoms with E-state index < -0.39 is 5.97 Å². The molecular weight excluding hydrogens is 210 g/mol. The Kier molecular flexibility index (Phi) is 2.81. The van der Waals surface area contributed by atoms with Gasteiger partial charge in [-0.05, 0) is 6.07 Å². The Morgan fingerprint density at radius 3 is 3.06 bits per heavy atom. The minimum Gasteiger partial charge on any atom is -0.478 e. The van der Waals surface area contributed by atoms with E-state index in [9.17, 15) is 4.79 Å². The van der Waals surface area contributed by atoms with E-state index in [-0.39, 0.29) is 5.56 Å². The number of aromatic carboxylic acids is 1. The number of hydrogen-bond donors (Lipinski definition) is 2. The Bertz CT molecular complexity index is 482. The average Bonchev–Trinajstić information content (AvgIpc) is 2.79. The summed E-state index contributed by atoms with van der Waals surface area (Å²) >= 11 is 0. The van der Waals surface area contributed by atoms with Gasteiger partial charge in [0, 0.05) is 12.3 Å². The standard InChI is InChI=1S/C10H9N3O3/c14-10(15)8-1-3-11-6-9(8)12-5-7-2-4-16-13-7/h1-4,6,12H,5H2,(H,14,15). The molecule has 6 heteroatoms. The maximum atomic E-state index is 10.9. The van der Waals surface area contributed by atoms with Crippen molar-refractivity contribution in [3.8, 4) is 0 Å². The topological polar surface area (TPSA) is 88.2 Å². The van der Waals surface area contributed by atoms with Crippen LogP contribution in [0.5, 0.6) is 0 Å². The minimum absolute atomic E-state index is 0.179. The van der Waals surface area contributed by atoms with Crippen molar-refractivity contribution in [2.24, 2.45) is 0 Å². The number of rotatable bonds is 4. The Balaban J connectivity index is 2.12. The quantitative estimate of drug-likeness (QED) is 0.807.